The number of nitrogens with zero attached hydrogens (tertiary/aromatic N) is 2. The Kier molecular flexibility index (Phi) is 12.8. The molecule has 1 aromatic carbocycles. The fourth-order valence-corrected chi connectivity index (χ4v) is 8.40. The van der Waals surface area contributed by atoms with Crippen molar-refractivity contribution < 1.29 is 33.8 Å². The standard InChI is InChI=1S/C36H50BrN3O7/c1-6-8-18-27(42)38-24(5)30(25-16-12-11-13-17-25)46-35(45)28-29-33(43)40(20-14-9-10-15-21-41)32(34(44)39(19-7-2)23(3)4)36(29)22-26(37)31(28)47-36/h6-7,11-13,16-17,23-24,26,28-32,41H,1-2,8-10,14-15,18-22H2,3-5H3,(H,38,42)/t24-,26?,28-,29+,30-,31-,32-,36+/m1/s1. The van der Waals surface area contributed by atoms with E-state index in [1.54, 1.807) is 28.9 Å². The predicted octanol–water partition coefficient (Wildman–Crippen LogP) is 4.47. The zero-order valence-corrected chi connectivity index (χ0v) is 29.4. The van der Waals surface area contributed by atoms with E-state index in [0.717, 1.165) is 12.8 Å². The Balaban J connectivity index is 1.67. The molecule has 1 unspecified atom stereocenters. The van der Waals surface area contributed by atoms with Gasteiger partial charge in [0.15, 0.2) is 0 Å². The van der Waals surface area contributed by atoms with Crippen LogP contribution in [0.5, 0.6) is 0 Å². The Labute approximate surface area is 287 Å². The van der Waals surface area contributed by atoms with Gasteiger partial charge in [-0.2, -0.15) is 0 Å². The minimum atomic E-state index is -1.21. The van der Waals surface area contributed by atoms with Crippen LogP contribution in [-0.2, 0) is 28.7 Å². The summed E-state index contributed by atoms with van der Waals surface area (Å²) in [5.74, 6) is -3.13. The van der Waals surface area contributed by atoms with Crippen LogP contribution in [0.1, 0.15) is 77.4 Å². The van der Waals surface area contributed by atoms with Crippen molar-refractivity contribution in [1.29, 1.82) is 0 Å². The van der Waals surface area contributed by atoms with Gasteiger partial charge in [0.2, 0.25) is 17.7 Å². The molecule has 3 saturated heterocycles. The largest absolute Gasteiger partial charge is 0.455 e. The zero-order valence-electron chi connectivity index (χ0n) is 27.8. The topological polar surface area (TPSA) is 125 Å². The van der Waals surface area contributed by atoms with E-state index in [-0.39, 0.29) is 41.6 Å². The molecule has 47 heavy (non-hydrogen) atoms. The Morgan fingerprint density at radius 1 is 1.15 bits per heavy atom. The number of halogens is 1. The molecule has 0 aliphatic carbocycles. The third-order valence-corrected chi connectivity index (χ3v) is 10.5. The Bertz CT molecular complexity index is 1290. The number of aliphatic hydroxyl groups is 1. The fraction of sp³-hybridized carbons (Fsp3) is 0.611. The summed E-state index contributed by atoms with van der Waals surface area (Å²) in [5, 5.41) is 12.2. The van der Waals surface area contributed by atoms with Crippen molar-refractivity contribution in [3.63, 3.8) is 0 Å². The van der Waals surface area contributed by atoms with Crippen LogP contribution >= 0.6 is 15.9 Å². The molecular weight excluding hydrogens is 666 g/mol. The van der Waals surface area contributed by atoms with Gasteiger partial charge in [-0.15, -0.1) is 13.2 Å². The highest BCUT2D eigenvalue weighted by molar-refractivity contribution is 9.09. The fourth-order valence-electron chi connectivity index (χ4n) is 7.46. The number of amides is 3. The molecule has 2 bridgehead atoms. The monoisotopic (exact) mass is 715 g/mol. The lowest BCUT2D eigenvalue weighted by Crippen LogP contribution is -2.58. The maximum atomic E-state index is 14.4. The molecule has 4 rings (SSSR count). The summed E-state index contributed by atoms with van der Waals surface area (Å²) in [7, 11) is 0. The number of hydrogen-bond donors (Lipinski definition) is 2. The summed E-state index contributed by atoms with van der Waals surface area (Å²) in [6.45, 7) is 13.9. The van der Waals surface area contributed by atoms with E-state index in [9.17, 15) is 24.3 Å². The normalized spacial score (nSPS) is 27.3. The van der Waals surface area contributed by atoms with E-state index < -0.39 is 47.7 Å². The molecule has 3 heterocycles. The van der Waals surface area contributed by atoms with Gasteiger partial charge in [-0.1, -0.05) is 71.3 Å². The van der Waals surface area contributed by atoms with Crippen molar-refractivity contribution >= 4 is 39.6 Å². The maximum Gasteiger partial charge on any atom is 0.313 e. The zero-order chi connectivity index (χ0) is 34.3. The van der Waals surface area contributed by atoms with Crippen molar-refractivity contribution in [2.75, 3.05) is 19.7 Å². The van der Waals surface area contributed by atoms with Crippen LogP contribution in [0.25, 0.3) is 0 Å². The van der Waals surface area contributed by atoms with Crippen molar-refractivity contribution in [3.8, 4) is 0 Å². The van der Waals surface area contributed by atoms with Crippen molar-refractivity contribution in [2.45, 2.75) is 106 Å². The molecule has 1 spiro atoms. The van der Waals surface area contributed by atoms with Gasteiger partial charge in [0, 0.05) is 37.0 Å². The third kappa shape index (κ3) is 7.67. The molecule has 2 N–H and O–H groups in total. The molecule has 0 saturated carbocycles. The number of ether oxygens (including phenoxy) is 2. The number of allylic oxidation sites excluding steroid dienone is 1. The number of likely N-dealkylation sites (tertiary alicyclic amines) is 1. The number of nitrogens with one attached hydrogen (secondary N) is 1. The van der Waals surface area contributed by atoms with Crippen LogP contribution in [0.2, 0.25) is 0 Å². The van der Waals surface area contributed by atoms with Crippen LogP contribution in [0.15, 0.2) is 55.6 Å². The SMILES string of the molecule is C=CCCC(=O)N[C@H](C)[C@@H](OC(=O)[C@H]1[C@@H]2O[C@@]3(CC2Br)[C@@H]1C(=O)N(CCCCCCO)[C@@H]3C(=O)N(CC=C)C(C)C)c1ccccc1. The molecule has 3 aliphatic heterocycles. The third-order valence-electron chi connectivity index (χ3n) is 9.62. The first-order valence-corrected chi connectivity index (χ1v) is 17.7. The van der Waals surface area contributed by atoms with Crippen molar-refractivity contribution in [1.82, 2.24) is 15.1 Å². The molecule has 0 radical (unpaired) electrons. The number of carbonyl (C=O) groups is 4. The van der Waals surface area contributed by atoms with E-state index in [4.69, 9.17) is 9.47 Å². The Hall–Kier alpha value is -3.02. The minimum Gasteiger partial charge on any atom is -0.455 e. The van der Waals surface area contributed by atoms with E-state index in [2.05, 4.69) is 34.4 Å². The second-order valence-corrected chi connectivity index (χ2v) is 14.3. The Morgan fingerprint density at radius 2 is 1.85 bits per heavy atom. The van der Waals surface area contributed by atoms with Gasteiger partial charge in [0.25, 0.3) is 0 Å². The lowest BCUT2D eigenvalue weighted by Gasteiger charge is -2.38. The van der Waals surface area contributed by atoms with Crippen LogP contribution < -0.4 is 5.32 Å². The number of benzene rings is 1. The van der Waals surface area contributed by atoms with Gasteiger partial charge in [-0.05, 0) is 52.0 Å². The molecule has 258 valence electrons. The lowest BCUT2D eigenvalue weighted by atomic mass is 9.70. The number of rotatable bonds is 18. The van der Waals surface area contributed by atoms with Crippen molar-refractivity contribution in [2.24, 2.45) is 11.8 Å². The first-order valence-electron chi connectivity index (χ1n) is 16.8. The van der Waals surface area contributed by atoms with Gasteiger partial charge >= 0.3 is 5.97 Å². The smallest absolute Gasteiger partial charge is 0.313 e. The van der Waals surface area contributed by atoms with Crippen LogP contribution in [0.4, 0.5) is 0 Å². The highest BCUT2D eigenvalue weighted by Gasteiger charge is 2.77. The van der Waals surface area contributed by atoms with Gasteiger partial charge in [0.05, 0.1) is 24.0 Å². The second kappa shape index (κ2) is 16.4. The number of esters is 1. The van der Waals surface area contributed by atoms with Crippen LogP contribution in [0, 0.1) is 11.8 Å². The van der Waals surface area contributed by atoms with E-state index in [1.165, 1.54) is 0 Å². The molecule has 8 atom stereocenters. The highest BCUT2D eigenvalue weighted by atomic mass is 79.9. The molecule has 3 fully saturated rings. The average Bonchev–Trinajstić information content (AvgIpc) is 3.64. The summed E-state index contributed by atoms with van der Waals surface area (Å²) in [6, 6.07) is 7.60. The maximum absolute atomic E-state index is 14.4. The molecule has 0 aromatic heterocycles. The molecule has 1 aromatic rings. The van der Waals surface area contributed by atoms with Gasteiger partial charge in [-0.3, -0.25) is 19.2 Å². The van der Waals surface area contributed by atoms with E-state index in [0.29, 0.717) is 44.3 Å². The van der Waals surface area contributed by atoms with Gasteiger partial charge < -0.3 is 29.7 Å². The summed E-state index contributed by atoms with van der Waals surface area (Å²) < 4.78 is 12.9. The number of fused-ring (bicyclic) bond motifs is 1. The molecule has 11 heteroatoms. The predicted molar refractivity (Wildman–Crippen MR) is 182 cm³/mol. The molecular formula is C36H50BrN3O7. The average molecular weight is 717 g/mol. The number of alkyl halides is 1. The van der Waals surface area contributed by atoms with Gasteiger partial charge in [-0.25, -0.2) is 0 Å². The number of aliphatic hydroxyl groups excluding tert-OH is 1. The molecule has 3 amide bonds. The highest BCUT2D eigenvalue weighted by Crippen LogP contribution is 2.60. The van der Waals surface area contributed by atoms with Crippen LogP contribution in [-0.4, -0.2) is 93.0 Å². The quantitative estimate of drug-likeness (QED) is 0.0995. The van der Waals surface area contributed by atoms with Gasteiger partial charge in [0.1, 0.15) is 17.7 Å². The summed E-state index contributed by atoms with van der Waals surface area (Å²) in [4.78, 5) is 58.8. The first-order chi connectivity index (χ1) is 22.5. The number of unbranched alkanes of at least 4 members (excludes halogenated alkanes) is 3. The molecule has 3 aliphatic rings. The number of carbonyl (C=O) groups excluding carboxylic acids is 4. The lowest BCUT2D eigenvalue weighted by molar-refractivity contribution is -0.162. The van der Waals surface area contributed by atoms with Crippen LogP contribution in [0.3, 0.4) is 0 Å². The van der Waals surface area contributed by atoms with E-state index >= 15 is 0 Å². The summed E-state index contributed by atoms with van der Waals surface area (Å²) in [6.07, 6.45) is 5.95. The first kappa shape index (κ1) is 36.8. The second-order valence-electron chi connectivity index (χ2n) is 13.2. The summed E-state index contributed by atoms with van der Waals surface area (Å²) >= 11 is 3.73. The minimum absolute atomic E-state index is 0.104. The summed E-state index contributed by atoms with van der Waals surface area (Å²) in [5.41, 5.74) is -0.498. The van der Waals surface area contributed by atoms with Crippen molar-refractivity contribution in [3.05, 3.63) is 61.2 Å². The Morgan fingerprint density at radius 3 is 2.49 bits per heavy atom. The van der Waals surface area contributed by atoms with E-state index in [1.807, 2.05) is 44.2 Å². The molecule has 10 nitrogen and oxygen atoms in total. The number of hydrogen-bond acceptors (Lipinski definition) is 7.